The molecule has 1 aromatic carbocycles. The predicted octanol–water partition coefficient (Wildman–Crippen LogP) is 3.50. The quantitative estimate of drug-likeness (QED) is 0.871. The molecule has 3 atom stereocenters. The van der Waals surface area contributed by atoms with E-state index >= 15 is 0 Å². The third-order valence-corrected chi connectivity index (χ3v) is 6.44. The zero-order valence-electron chi connectivity index (χ0n) is 14.3. The number of nitrogens with one attached hydrogen (secondary N) is 1. The molecule has 0 amide bonds. The average molecular weight is 321 g/mol. The van der Waals surface area contributed by atoms with Crippen molar-refractivity contribution in [3.63, 3.8) is 0 Å². The van der Waals surface area contributed by atoms with Crippen LogP contribution < -0.4 is 0 Å². The highest BCUT2D eigenvalue weighted by molar-refractivity contribution is 5.82. The van der Waals surface area contributed by atoms with Crippen molar-refractivity contribution in [3.05, 3.63) is 48.2 Å². The van der Waals surface area contributed by atoms with Gasteiger partial charge in [0, 0.05) is 56.4 Å². The fourth-order valence-corrected chi connectivity index (χ4v) is 5.07. The first-order chi connectivity index (χ1) is 11.8. The van der Waals surface area contributed by atoms with E-state index < -0.39 is 0 Å². The number of rotatable bonds is 4. The molecule has 3 aliphatic rings. The lowest BCUT2D eigenvalue weighted by atomic mass is 9.93. The largest absolute Gasteiger partial charge is 0.361 e. The number of para-hydroxylation sites is 1. The number of allylic oxidation sites excluding steroid dienone is 2. The molecule has 1 saturated carbocycles. The van der Waals surface area contributed by atoms with Gasteiger partial charge in [-0.05, 0) is 42.2 Å². The van der Waals surface area contributed by atoms with Crippen LogP contribution in [0.2, 0.25) is 0 Å². The van der Waals surface area contributed by atoms with E-state index in [1.807, 2.05) is 0 Å². The summed E-state index contributed by atoms with van der Waals surface area (Å²) in [5.74, 6) is 2.72. The van der Waals surface area contributed by atoms with Crippen LogP contribution in [0.3, 0.4) is 0 Å². The first kappa shape index (κ1) is 14.7. The maximum Gasteiger partial charge on any atom is 0.0457 e. The molecule has 2 aliphatic carbocycles. The van der Waals surface area contributed by atoms with Crippen molar-refractivity contribution in [3.8, 4) is 0 Å². The van der Waals surface area contributed by atoms with Crippen molar-refractivity contribution < 1.29 is 0 Å². The number of hydrogen-bond acceptors (Lipinski definition) is 2. The maximum atomic E-state index is 3.41. The topological polar surface area (TPSA) is 22.3 Å². The van der Waals surface area contributed by atoms with Gasteiger partial charge in [0.05, 0.1) is 0 Å². The van der Waals surface area contributed by atoms with Crippen LogP contribution in [-0.4, -0.2) is 47.5 Å². The molecule has 0 spiro atoms. The zero-order chi connectivity index (χ0) is 15.9. The second-order valence-electron chi connectivity index (χ2n) is 7.98. The number of hydrogen-bond donors (Lipinski definition) is 1. The second-order valence-corrected chi connectivity index (χ2v) is 7.98. The summed E-state index contributed by atoms with van der Waals surface area (Å²) in [7, 11) is 0. The normalized spacial score (nSPS) is 30.6. The van der Waals surface area contributed by atoms with Crippen molar-refractivity contribution in [2.75, 3.05) is 32.7 Å². The molecule has 2 fully saturated rings. The second kappa shape index (κ2) is 6.05. The minimum absolute atomic E-state index is 0.888. The molecule has 1 N–H and O–H groups in total. The van der Waals surface area contributed by atoms with Crippen LogP contribution in [0.25, 0.3) is 10.9 Å². The standard InChI is InChI=1S/C21H27N3/c1-2-4-21-20(3-1)19(13-22-21)15-24-9-7-23(8-10-24)14-18-12-16-5-6-17(18)11-16/h1-6,13,16-18,22H,7-12,14-15H2/t16-,17+,18-/m1/s1. The van der Waals surface area contributed by atoms with Gasteiger partial charge in [-0.3, -0.25) is 4.90 Å². The van der Waals surface area contributed by atoms with Crippen LogP contribution in [0.5, 0.6) is 0 Å². The monoisotopic (exact) mass is 321 g/mol. The van der Waals surface area contributed by atoms with Gasteiger partial charge in [-0.15, -0.1) is 0 Å². The molecule has 2 heterocycles. The number of aromatic nitrogens is 1. The molecule has 126 valence electrons. The van der Waals surface area contributed by atoms with Crippen LogP contribution in [0.4, 0.5) is 0 Å². The molecule has 0 radical (unpaired) electrons. The molecule has 5 rings (SSSR count). The van der Waals surface area contributed by atoms with Crippen molar-refractivity contribution in [1.82, 2.24) is 14.8 Å². The van der Waals surface area contributed by atoms with Gasteiger partial charge in [0.25, 0.3) is 0 Å². The zero-order valence-corrected chi connectivity index (χ0v) is 14.3. The van der Waals surface area contributed by atoms with Gasteiger partial charge in [0.2, 0.25) is 0 Å². The lowest BCUT2D eigenvalue weighted by molar-refractivity contribution is 0.109. The van der Waals surface area contributed by atoms with Gasteiger partial charge in [-0.25, -0.2) is 0 Å². The Morgan fingerprint density at radius 1 is 0.958 bits per heavy atom. The van der Waals surface area contributed by atoms with Crippen molar-refractivity contribution >= 4 is 10.9 Å². The molecule has 0 unspecified atom stereocenters. The summed E-state index contributed by atoms with van der Waals surface area (Å²) in [6, 6.07) is 8.65. The summed E-state index contributed by atoms with van der Waals surface area (Å²) < 4.78 is 0. The van der Waals surface area contributed by atoms with Crippen molar-refractivity contribution in [2.24, 2.45) is 17.8 Å². The Kier molecular flexibility index (Phi) is 3.72. The van der Waals surface area contributed by atoms with Crippen LogP contribution in [-0.2, 0) is 6.54 Å². The number of benzene rings is 1. The average Bonchev–Trinajstić information content (AvgIpc) is 3.33. The highest BCUT2D eigenvalue weighted by Gasteiger charge is 2.36. The van der Waals surface area contributed by atoms with E-state index in [1.54, 1.807) is 0 Å². The Morgan fingerprint density at radius 3 is 2.58 bits per heavy atom. The smallest absolute Gasteiger partial charge is 0.0457 e. The van der Waals surface area contributed by atoms with Crippen LogP contribution in [0, 0.1) is 17.8 Å². The Morgan fingerprint density at radius 2 is 1.79 bits per heavy atom. The fraction of sp³-hybridized carbons (Fsp3) is 0.524. The Hall–Kier alpha value is -1.58. The summed E-state index contributed by atoms with van der Waals surface area (Å²) in [6.07, 6.45) is 10.0. The summed E-state index contributed by atoms with van der Waals surface area (Å²) in [5.41, 5.74) is 2.70. The predicted molar refractivity (Wildman–Crippen MR) is 98.9 cm³/mol. The Bertz CT molecular complexity index is 738. The number of nitrogens with zero attached hydrogens (tertiary/aromatic N) is 2. The van der Waals surface area contributed by atoms with Gasteiger partial charge in [0.1, 0.15) is 0 Å². The first-order valence-corrected chi connectivity index (χ1v) is 9.53. The first-order valence-electron chi connectivity index (χ1n) is 9.53. The molecule has 2 aromatic rings. The molecular weight excluding hydrogens is 294 g/mol. The van der Waals surface area contributed by atoms with E-state index in [9.17, 15) is 0 Å². The van der Waals surface area contributed by atoms with Crippen molar-refractivity contribution in [2.45, 2.75) is 19.4 Å². The number of aromatic amines is 1. The van der Waals surface area contributed by atoms with Gasteiger partial charge in [-0.1, -0.05) is 30.4 Å². The van der Waals surface area contributed by atoms with Gasteiger partial charge >= 0.3 is 0 Å². The van der Waals surface area contributed by atoms with E-state index in [0.29, 0.717) is 0 Å². The summed E-state index contributed by atoms with van der Waals surface area (Å²) in [4.78, 5) is 8.74. The number of piperazine rings is 1. The number of H-pyrrole nitrogens is 1. The molecule has 1 aromatic heterocycles. The van der Waals surface area contributed by atoms with Crippen molar-refractivity contribution in [1.29, 1.82) is 0 Å². The maximum absolute atomic E-state index is 3.41. The Labute approximate surface area is 144 Å². The SMILES string of the molecule is C1=C[C@H]2C[C@@H]1C[C@@H]2CN1CCN(Cc2c[nH]c3ccccc23)CC1. The van der Waals surface area contributed by atoms with E-state index in [0.717, 1.165) is 24.3 Å². The third-order valence-electron chi connectivity index (χ3n) is 6.44. The van der Waals surface area contributed by atoms with E-state index in [4.69, 9.17) is 0 Å². The fourth-order valence-electron chi connectivity index (χ4n) is 5.07. The lowest BCUT2D eigenvalue weighted by Crippen LogP contribution is -2.47. The summed E-state index contributed by atoms with van der Waals surface area (Å²) >= 11 is 0. The van der Waals surface area contributed by atoms with Crippen LogP contribution >= 0.6 is 0 Å². The molecule has 3 nitrogen and oxygen atoms in total. The highest BCUT2D eigenvalue weighted by Crippen LogP contribution is 2.43. The highest BCUT2D eigenvalue weighted by atomic mass is 15.3. The molecule has 24 heavy (non-hydrogen) atoms. The summed E-state index contributed by atoms with van der Waals surface area (Å²) in [6.45, 7) is 7.29. The van der Waals surface area contributed by atoms with Gasteiger partial charge in [0.15, 0.2) is 0 Å². The molecule has 1 aliphatic heterocycles. The van der Waals surface area contributed by atoms with Crippen LogP contribution in [0.15, 0.2) is 42.6 Å². The molecule has 2 bridgehead atoms. The summed E-state index contributed by atoms with van der Waals surface area (Å²) in [5, 5.41) is 1.38. The molecule has 3 heteroatoms. The van der Waals surface area contributed by atoms with E-state index in [2.05, 4.69) is 57.4 Å². The molecule has 1 saturated heterocycles. The molecular formula is C21H27N3. The minimum Gasteiger partial charge on any atom is -0.361 e. The third kappa shape index (κ3) is 2.70. The van der Waals surface area contributed by atoms with Crippen LogP contribution in [0.1, 0.15) is 18.4 Å². The number of fused-ring (bicyclic) bond motifs is 3. The van der Waals surface area contributed by atoms with Gasteiger partial charge in [-0.2, -0.15) is 0 Å². The van der Waals surface area contributed by atoms with Gasteiger partial charge < -0.3 is 9.88 Å². The van der Waals surface area contributed by atoms with E-state index in [-0.39, 0.29) is 0 Å². The van der Waals surface area contributed by atoms with E-state index in [1.165, 1.54) is 62.0 Å². The lowest BCUT2D eigenvalue weighted by Gasteiger charge is -2.36. The minimum atomic E-state index is 0.888. The Balaban J connectivity index is 1.16.